The Bertz CT molecular complexity index is 822. The number of fused-ring (bicyclic) bond motifs is 1. The highest BCUT2D eigenvalue weighted by Crippen LogP contribution is 2.27. The molecule has 20 heavy (non-hydrogen) atoms. The molecule has 0 saturated carbocycles. The fraction of sp³-hybridized carbons (Fsp3) is 0. The van der Waals surface area contributed by atoms with E-state index in [1.165, 1.54) is 12.1 Å². The summed E-state index contributed by atoms with van der Waals surface area (Å²) in [7, 11) is 0. The lowest BCUT2D eigenvalue weighted by Gasteiger charge is -2.04. The Kier molecular flexibility index (Phi) is 3.00. The number of nitro groups is 1. The number of halogens is 1. The monoisotopic (exact) mass is 286 g/mol. The summed E-state index contributed by atoms with van der Waals surface area (Å²) < 4.78 is 0. The number of hydrogen-bond donors (Lipinski definition) is 0. The van der Waals surface area contributed by atoms with E-state index < -0.39 is 4.92 Å². The van der Waals surface area contributed by atoms with Crippen LogP contribution in [0.25, 0.3) is 22.2 Å². The van der Waals surface area contributed by atoms with E-state index in [1.807, 2.05) is 0 Å². The number of benzene rings is 1. The minimum Gasteiger partial charge on any atom is -0.258 e. The van der Waals surface area contributed by atoms with Gasteiger partial charge in [0, 0.05) is 35.5 Å². The number of pyridine rings is 1. The molecule has 0 atom stereocenters. The summed E-state index contributed by atoms with van der Waals surface area (Å²) >= 11 is 5.80. The van der Waals surface area contributed by atoms with Crippen molar-refractivity contribution in [3.63, 3.8) is 0 Å². The Hall–Kier alpha value is -2.60. The first-order valence-corrected chi connectivity index (χ1v) is 6.05. The van der Waals surface area contributed by atoms with Crippen molar-refractivity contribution in [2.75, 3.05) is 0 Å². The van der Waals surface area contributed by atoms with E-state index >= 15 is 0 Å². The zero-order valence-corrected chi connectivity index (χ0v) is 10.8. The van der Waals surface area contributed by atoms with E-state index in [0.717, 1.165) is 5.39 Å². The Morgan fingerprint density at radius 2 is 2.05 bits per heavy atom. The first kappa shape index (κ1) is 12.4. The molecule has 3 aromatic rings. The number of aromatic nitrogens is 3. The van der Waals surface area contributed by atoms with E-state index in [1.54, 1.807) is 30.6 Å². The van der Waals surface area contributed by atoms with Crippen LogP contribution in [0.5, 0.6) is 0 Å². The Morgan fingerprint density at radius 3 is 2.85 bits per heavy atom. The van der Waals surface area contributed by atoms with Crippen LogP contribution >= 0.6 is 11.6 Å². The van der Waals surface area contributed by atoms with E-state index in [9.17, 15) is 10.1 Å². The SMILES string of the molecule is O=[N+]([O-])c1cccc(-c2nccc3cnc(Cl)nc23)c1. The Morgan fingerprint density at radius 1 is 1.20 bits per heavy atom. The van der Waals surface area contributed by atoms with E-state index in [-0.39, 0.29) is 11.0 Å². The molecule has 0 radical (unpaired) electrons. The minimum atomic E-state index is -0.448. The van der Waals surface area contributed by atoms with Crippen molar-refractivity contribution in [2.45, 2.75) is 0 Å². The molecule has 7 heteroatoms. The van der Waals surface area contributed by atoms with E-state index in [2.05, 4.69) is 15.0 Å². The summed E-state index contributed by atoms with van der Waals surface area (Å²) in [5, 5.41) is 11.7. The standard InChI is InChI=1S/C13H7ClN4O2/c14-13-16-7-9-4-5-15-11(12(9)17-13)8-2-1-3-10(6-8)18(19)20/h1-7H. The van der Waals surface area contributed by atoms with Gasteiger partial charge >= 0.3 is 0 Å². The van der Waals surface area contributed by atoms with Crippen LogP contribution in [0.4, 0.5) is 5.69 Å². The number of nitro benzene ring substituents is 1. The normalized spacial score (nSPS) is 10.7. The molecule has 2 heterocycles. The van der Waals surface area contributed by atoms with Gasteiger partial charge in [-0.2, -0.15) is 0 Å². The van der Waals surface area contributed by atoms with Crippen molar-refractivity contribution in [1.82, 2.24) is 15.0 Å². The molecule has 3 rings (SSSR count). The molecule has 6 nitrogen and oxygen atoms in total. The van der Waals surface area contributed by atoms with Gasteiger partial charge in [0.2, 0.25) is 5.28 Å². The van der Waals surface area contributed by atoms with Crippen molar-refractivity contribution in [1.29, 1.82) is 0 Å². The fourth-order valence-corrected chi connectivity index (χ4v) is 2.05. The average Bonchev–Trinajstić information content (AvgIpc) is 2.46. The highest BCUT2D eigenvalue weighted by molar-refractivity contribution is 6.28. The lowest BCUT2D eigenvalue weighted by molar-refractivity contribution is -0.384. The van der Waals surface area contributed by atoms with Crippen LogP contribution in [0.3, 0.4) is 0 Å². The molecule has 0 aliphatic heterocycles. The quantitative estimate of drug-likeness (QED) is 0.410. The van der Waals surface area contributed by atoms with E-state index in [0.29, 0.717) is 16.8 Å². The lowest BCUT2D eigenvalue weighted by Crippen LogP contribution is -1.93. The van der Waals surface area contributed by atoms with Gasteiger partial charge in [0.05, 0.1) is 10.6 Å². The largest absolute Gasteiger partial charge is 0.270 e. The Balaban J connectivity index is 2.26. The first-order valence-electron chi connectivity index (χ1n) is 5.67. The predicted octanol–water partition coefficient (Wildman–Crippen LogP) is 3.25. The van der Waals surface area contributed by atoms with Crippen LogP contribution in [-0.2, 0) is 0 Å². The molecule has 1 aromatic carbocycles. The maximum absolute atomic E-state index is 10.8. The molecule has 0 bridgehead atoms. The third kappa shape index (κ3) is 2.17. The third-order valence-corrected chi connectivity index (χ3v) is 2.98. The van der Waals surface area contributed by atoms with Gasteiger partial charge in [-0.3, -0.25) is 15.1 Å². The maximum atomic E-state index is 10.8. The zero-order chi connectivity index (χ0) is 14.1. The molecule has 0 unspecified atom stereocenters. The van der Waals surface area contributed by atoms with Crippen molar-refractivity contribution in [2.24, 2.45) is 0 Å². The summed E-state index contributed by atoms with van der Waals surface area (Å²) in [4.78, 5) is 22.7. The third-order valence-electron chi connectivity index (χ3n) is 2.80. The summed E-state index contributed by atoms with van der Waals surface area (Å²) in [6.07, 6.45) is 3.20. The lowest BCUT2D eigenvalue weighted by atomic mass is 10.1. The minimum absolute atomic E-state index is 0.00135. The maximum Gasteiger partial charge on any atom is 0.270 e. The molecule has 0 amide bonds. The molecular weight excluding hydrogens is 280 g/mol. The number of non-ortho nitro benzene ring substituents is 1. The fourth-order valence-electron chi connectivity index (χ4n) is 1.91. The second-order valence-corrected chi connectivity index (χ2v) is 4.38. The zero-order valence-electron chi connectivity index (χ0n) is 10.0. The van der Waals surface area contributed by atoms with Crippen molar-refractivity contribution >= 4 is 28.2 Å². The van der Waals surface area contributed by atoms with Gasteiger partial charge in [0.1, 0.15) is 5.52 Å². The van der Waals surface area contributed by atoms with Crippen LogP contribution in [0, 0.1) is 10.1 Å². The van der Waals surface area contributed by atoms with Gasteiger partial charge in [-0.1, -0.05) is 12.1 Å². The predicted molar refractivity (Wildman–Crippen MR) is 74.4 cm³/mol. The number of nitrogens with zero attached hydrogens (tertiary/aromatic N) is 4. The van der Waals surface area contributed by atoms with Crippen LogP contribution in [0.1, 0.15) is 0 Å². The molecule has 0 N–H and O–H groups in total. The second-order valence-electron chi connectivity index (χ2n) is 4.04. The smallest absolute Gasteiger partial charge is 0.258 e. The van der Waals surface area contributed by atoms with Gasteiger partial charge in [0.15, 0.2) is 0 Å². The van der Waals surface area contributed by atoms with Crippen LogP contribution in [0.15, 0.2) is 42.7 Å². The molecule has 98 valence electrons. The summed E-state index contributed by atoms with van der Waals surface area (Å²) in [5.74, 6) is 0. The molecular formula is C13H7ClN4O2. The van der Waals surface area contributed by atoms with Crippen molar-refractivity contribution in [3.05, 3.63) is 58.1 Å². The average molecular weight is 287 g/mol. The molecule has 2 aromatic heterocycles. The number of rotatable bonds is 2. The summed E-state index contributed by atoms with van der Waals surface area (Å²) in [5.41, 5.74) is 1.71. The van der Waals surface area contributed by atoms with E-state index in [4.69, 9.17) is 11.6 Å². The van der Waals surface area contributed by atoms with Crippen LogP contribution < -0.4 is 0 Å². The second kappa shape index (κ2) is 4.82. The van der Waals surface area contributed by atoms with Gasteiger partial charge in [-0.05, 0) is 17.7 Å². The summed E-state index contributed by atoms with van der Waals surface area (Å²) in [6, 6.07) is 7.99. The molecule has 0 aliphatic rings. The van der Waals surface area contributed by atoms with Crippen LogP contribution in [-0.4, -0.2) is 19.9 Å². The van der Waals surface area contributed by atoms with Gasteiger partial charge < -0.3 is 0 Å². The highest BCUT2D eigenvalue weighted by Gasteiger charge is 2.12. The first-order chi connectivity index (χ1) is 9.65. The van der Waals surface area contributed by atoms with Gasteiger partial charge in [-0.15, -0.1) is 0 Å². The van der Waals surface area contributed by atoms with Crippen LogP contribution in [0.2, 0.25) is 5.28 Å². The molecule has 0 spiro atoms. The topological polar surface area (TPSA) is 81.8 Å². The van der Waals surface area contributed by atoms with Gasteiger partial charge in [0.25, 0.3) is 5.69 Å². The highest BCUT2D eigenvalue weighted by atomic mass is 35.5. The Labute approximate surface area is 118 Å². The number of hydrogen-bond acceptors (Lipinski definition) is 5. The van der Waals surface area contributed by atoms with Crippen molar-refractivity contribution < 1.29 is 4.92 Å². The molecule has 0 aliphatic carbocycles. The van der Waals surface area contributed by atoms with Gasteiger partial charge in [-0.25, -0.2) is 9.97 Å². The van der Waals surface area contributed by atoms with Crippen molar-refractivity contribution in [3.8, 4) is 11.3 Å². The molecule has 0 saturated heterocycles. The summed E-state index contributed by atoms with van der Waals surface area (Å²) in [6.45, 7) is 0. The molecule has 0 fully saturated rings.